The second-order valence-corrected chi connectivity index (χ2v) is 3.74. The first kappa shape index (κ1) is 9.83. The highest BCUT2D eigenvalue weighted by Crippen LogP contribution is 2.29. The van der Waals surface area contributed by atoms with E-state index in [2.05, 4.69) is 15.2 Å². The average molecular weight is 230 g/mol. The van der Waals surface area contributed by atoms with Crippen LogP contribution in [0.25, 0.3) is 16.7 Å². The van der Waals surface area contributed by atoms with Gasteiger partial charge in [0, 0.05) is 12.1 Å². The van der Waals surface area contributed by atoms with Gasteiger partial charge >= 0.3 is 0 Å². The molecule has 0 aliphatic heterocycles. The lowest BCUT2D eigenvalue weighted by atomic mass is 10.2. The monoisotopic (exact) mass is 230 g/mol. The number of hydrogen-bond donors (Lipinski definition) is 1. The van der Waals surface area contributed by atoms with E-state index in [-0.39, 0.29) is 5.75 Å². The van der Waals surface area contributed by atoms with Crippen LogP contribution < -0.4 is 4.74 Å². The van der Waals surface area contributed by atoms with Crippen molar-refractivity contribution in [2.45, 2.75) is 6.92 Å². The molecule has 3 rings (SSSR count). The van der Waals surface area contributed by atoms with Gasteiger partial charge in [0.25, 0.3) is 0 Å². The van der Waals surface area contributed by atoms with Crippen LogP contribution >= 0.6 is 0 Å². The minimum absolute atomic E-state index is 0.120. The molecule has 0 aliphatic rings. The molecule has 0 saturated carbocycles. The summed E-state index contributed by atoms with van der Waals surface area (Å²) in [4.78, 5) is 4.17. The van der Waals surface area contributed by atoms with Crippen LogP contribution in [0.15, 0.2) is 18.5 Å². The van der Waals surface area contributed by atoms with Gasteiger partial charge in [-0.3, -0.25) is 4.40 Å². The van der Waals surface area contributed by atoms with E-state index in [4.69, 9.17) is 4.74 Å². The molecule has 6 heteroatoms. The number of ether oxygens (including phenoxy) is 1. The summed E-state index contributed by atoms with van der Waals surface area (Å²) in [6, 6.07) is 3.12. The van der Waals surface area contributed by atoms with Gasteiger partial charge in [0.1, 0.15) is 12.1 Å². The van der Waals surface area contributed by atoms with Gasteiger partial charge in [-0.15, -0.1) is 10.2 Å². The van der Waals surface area contributed by atoms with Gasteiger partial charge < -0.3 is 9.84 Å². The number of hydrogen-bond acceptors (Lipinski definition) is 5. The van der Waals surface area contributed by atoms with Crippen LogP contribution in [0.4, 0.5) is 0 Å². The number of fused-ring (bicyclic) bond motifs is 3. The molecule has 1 N–H and O–H groups in total. The summed E-state index contributed by atoms with van der Waals surface area (Å²) < 4.78 is 6.95. The molecule has 0 radical (unpaired) electrons. The molecule has 2 heterocycles. The maximum absolute atomic E-state index is 9.65. The van der Waals surface area contributed by atoms with Crippen molar-refractivity contribution in [2.75, 3.05) is 7.11 Å². The summed E-state index contributed by atoms with van der Waals surface area (Å²) in [7, 11) is 1.53. The van der Waals surface area contributed by atoms with Crippen LogP contribution in [0.2, 0.25) is 0 Å². The Morgan fingerprint density at radius 2 is 2.12 bits per heavy atom. The van der Waals surface area contributed by atoms with E-state index in [1.54, 1.807) is 16.8 Å². The Hall–Kier alpha value is -2.37. The fraction of sp³-hybridized carbons (Fsp3) is 0.182. The number of rotatable bonds is 1. The number of phenols is 1. The molecule has 0 unspecified atom stereocenters. The van der Waals surface area contributed by atoms with Gasteiger partial charge in [-0.25, -0.2) is 4.98 Å². The normalized spacial score (nSPS) is 11.2. The molecule has 0 bridgehead atoms. The third kappa shape index (κ3) is 1.30. The zero-order valence-electron chi connectivity index (χ0n) is 9.38. The molecule has 17 heavy (non-hydrogen) atoms. The molecular formula is C11H10N4O2. The third-order valence-electron chi connectivity index (χ3n) is 2.68. The summed E-state index contributed by atoms with van der Waals surface area (Å²) in [5.74, 6) is 0.607. The number of methoxy groups -OCH3 is 1. The predicted molar refractivity (Wildman–Crippen MR) is 61.2 cm³/mol. The highest BCUT2D eigenvalue weighted by Gasteiger charge is 2.11. The van der Waals surface area contributed by atoms with Crippen LogP contribution in [-0.2, 0) is 0 Å². The summed E-state index contributed by atoms with van der Waals surface area (Å²) >= 11 is 0. The molecule has 0 spiro atoms. The second-order valence-electron chi connectivity index (χ2n) is 3.74. The molecule has 86 valence electrons. The fourth-order valence-electron chi connectivity index (χ4n) is 1.84. The van der Waals surface area contributed by atoms with Crippen LogP contribution in [0.5, 0.6) is 11.5 Å². The van der Waals surface area contributed by atoms with Gasteiger partial charge in [-0.1, -0.05) is 0 Å². The highest BCUT2D eigenvalue weighted by atomic mass is 16.5. The predicted octanol–water partition coefficient (Wildman–Crippen LogP) is 1.30. The second kappa shape index (κ2) is 3.31. The molecule has 0 saturated heterocycles. The Bertz CT molecular complexity index is 720. The highest BCUT2D eigenvalue weighted by molar-refractivity contribution is 5.84. The minimum Gasteiger partial charge on any atom is -0.508 e. The standard InChI is InChI=1S/C11H10N4O2/c1-6-11-14-13-10-8(15(11)5-12-6)3-7(16)4-9(10)17-2/h3-5,16H,1-2H3. The van der Waals surface area contributed by atoms with Crippen molar-refractivity contribution in [1.82, 2.24) is 19.6 Å². The Morgan fingerprint density at radius 1 is 1.29 bits per heavy atom. The molecule has 0 atom stereocenters. The average Bonchev–Trinajstić information content (AvgIpc) is 2.70. The molecular weight excluding hydrogens is 220 g/mol. The number of aromatic nitrogens is 4. The lowest BCUT2D eigenvalue weighted by Crippen LogP contribution is -1.97. The molecule has 0 amide bonds. The van der Waals surface area contributed by atoms with E-state index in [0.29, 0.717) is 22.4 Å². The minimum atomic E-state index is 0.120. The first-order chi connectivity index (χ1) is 8.20. The maximum atomic E-state index is 9.65. The van der Waals surface area contributed by atoms with Crippen molar-refractivity contribution in [2.24, 2.45) is 0 Å². The van der Waals surface area contributed by atoms with Crippen LogP contribution in [0.1, 0.15) is 5.69 Å². The van der Waals surface area contributed by atoms with Crippen LogP contribution in [0.3, 0.4) is 0 Å². The fourth-order valence-corrected chi connectivity index (χ4v) is 1.84. The SMILES string of the molecule is COc1cc(O)cc2c1nnc1c(C)ncn12. The largest absolute Gasteiger partial charge is 0.508 e. The van der Waals surface area contributed by atoms with Crippen molar-refractivity contribution in [1.29, 1.82) is 0 Å². The first-order valence-electron chi connectivity index (χ1n) is 5.08. The number of benzene rings is 1. The quantitative estimate of drug-likeness (QED) is 0.682. The zero-order valence-corrected chi connectivity index (χ0v) is 9.38. The lowest BCUT2D eigenvalue weighted by Gasteiger charge is -2.06. The molecule has 2 aromatic heterocycles. The van der Waals surface area contributed by atoms with E-state index < -0.39 is 0 Å². The van der Waals surface area contributed by atoms with Crippen molar-refractivity contribution >= 4 is 16.7 Å². The van der Waals surface area contributed by atoms with Gasteiger partial charge in [0.15, 0.2) is 16.9 Å². The smallest absolute Gasteiger partial charge is 0.182 e. The first-order valence-corrected chi connectivity index (χ1v) is 5.08. The lowest BCUT2D eigenvalue weighted by molar-refractivity contribution is 0.411. The van der Waals surface area contributed by atoms with Crippen molar-refractivity contribution in [3.05, 3.63) is 24.2 Å². The van der Waals surface area contributed by atoms with Gasteiger partial charge in [0.05, 0.1) is 18.3 Å². The third-order valence-corrected chi connectivity index (χ3v) is 2.68. The van der Waals surface area contributed by atoms with Gasteiger partial charge in [-0.05, 0) is 6.92 Å². The summed E-state index contributed by atoms with van der Waals surface area (Å²) in [6.45, 7) is 1.86. The van der Waals surface area contributed by atoms with Gasteiger partial charge in [-0.2, -0.15) is 0 Å². The molecule has 0 fully saturated rings. The van der Waals surface area contributed by atoms with E-state index >= 15 is 0 Å². The topological polar surface area (TPSA) is 72.5 Å². The van der Waals surface area contributed by atoms with E-state index in [9.17, 15) is 5.11 Å². The number of aromatic hydroxyl groups is 1. The molecule has 3 aromatic rings. The van der Waals surface area contributed by atoms with Crippen LogP contribution in [-0.4, -0.2) is 31.8 Å². The number of phenolic OH excluding ortho intramolecular Hbond substituents is 1. The number of aryl methyl sites for hydroxylation is 1. The Kier molecular flexibility index (Phi) is 1.91. The van der Waals surface area contributed by atoms with E-state index in [1.165, 1.54) is 13.2 Å². The number of nitrogens with zero attached hydrogens (tertiary/aromatic N) is 4. The molecule has 1 aromatic carbocycles. The van der Waals surface area contributed by atoms with E-state index in [0.717, 1.165) is 5.69 Å². The van der Waals surface area contributed by atoms with Gasteiger partial charge in [0.2, 0.25) is 0 Å². The van der Waals surface area contributed by atoms with E-state index in [1.807, 2.05) is 6.92 Å². The van der Waals surface area contributed by atoms with Crippen LogP contribution in [0, 0.1) is 6.92 Å². The maximum Gasteiger partial charge on any atom is 0.182 e. The summed E-state index contributed by atoms with van der Waals surface area (Å²) in [5.41, 5.74) is 2.77. The van der Waals surface area contributed by atoms with Crippen molar-refractivity contribution in [3.8, 4) is 11.5 Å². The summed E-state index contributed by atoms with van der Waals surface area (Å²) in [5, 5.41) is 17.8. The molecule has 6 nitrogen and oxygen atoms in total. The Morgan fingerprint density at radius 3 is 2.88 bits per heavy atom. The zero-order chi connectivity index (χ0) is 12.0. The Balaban J connectivity index is 2.53. The molecule has 0 aliphatic carbocycles. The van der Waals surface area contributed by atoms with Crippen molar-refractivity contribution < 1.29 is 9.84 Å². The number of imidazole rings is 1. The van der Waals surface area contributed by atoms with Crippen molar-refractivity contribution in [3.63, 3.8) is 0 Å². The Labute approximate surface area is 96.5 Å². The summed E-state index contributed by atoms with van der Waals surface area (Å²) in [6.07, 6.45) is 1.65.